The molecule has 0 amide bonds. The molecule has 0 radical (unpaired) electrons. The van der Waals surface area contributed by atoms with Gasteiger partial charge in [0.05, 0.1) is 5.60 Å². The van der Waals surface area contributed by atoms with Crippen LogP contribution in [0.4, 0.5) is 0 Å². The summed E-state index contributed by atoms with van der Waals surface area (Å²) in [4.78, 5) is 0. The van der Waals surface area contributed by atoms with Crippen molar-refractivity contribution in [1.29, 1.82) is 0 Å². The van der Waals surface area contributed by atoms with Crippen molar-refractivity contribution in [2.24, 2.45) is 5.41 Å². The molecule has 1 rings (SSSR count). The summed E-state index contributed by atoms with van der Waals surface area (Å²) in [7, 11) is 0. The van der Waals surface area contributed by atoms with Crippen LogP contribution in [0.15, 0.2) is 24.3 Å². The van der Waals surface area contributed by atoms with Gasteiger partial charge in [-0.2, -0.15) is 0 Å². The Balaban J connectivity index is 2.96. The van der Waals surface area contributed by atoms with Crippen LogP contribution in [-0.2, 0) is 0 Å². The molecule has 0 aromatic rings. The van der Waals surface area contributed by atoms with Crippen LogP contribution in [0.25, 0.3) is 0 Å². The molecule has 0 aliphatic heterocycles. The maximum Gasteiger partial charge on any atom is 0.0772 e. The summed E-state index contributed by atoms with van der Waals surface area (Å²) in [6.45, 7) is 7.97. The van der Waals surface area contributed by atoms with E-state index in [-0.39, 0.29) is 12.0 Å². The van der Waals surface area contributed by atoms with Gasteiger partial charge < -0.3 is 10.2 Å². The van der Waals surface area contributed by atoms with Gasteiger partial charge in [-0.15, -0.1) is 6.58 Å². The summed E-state index contributed by atoms with van der Waals surface area (Å²) >= 11 is 0. The molecule has 1 aliphatic rings. The Morgan fingerprint density at radius 3 is 2.73 bits per heavy atom. The maximum absolute atomic E-state index is 10.6. The number of rotatable bonds is 4. The highest BCUT2D eigenvalue weighted by Crippen LogP contribution is 2.47. The third kappa shape index (κ3) is 2.16. The Kier molecular flexibility index (Phi) is 3.74. The summed E-state index contributed by atoms with van der Waals surface area (Å²) in [5.74, 6) is 0. The second-order valence-electron chi connectivity index (χ2n) is 4.89. The van der Waals surface area contributed by atoms with Crippen molar-refractivity contribution in [2.75, 3.05) is 6.61 Å². The van der Waals surface area contributed by atoms with Crippen molar-refractivity contribution in [1.82, 2.24) is 0 Å². The summed E-state index contributed by atoms with van der Waals surface area (Å²) in [6, 6.07) is 0. The third-order valence-corrected chi connectivity index (χ3v) is 3.78. The van der Waals surface area contributed by atoms with Crippen LogP contribution in [0.3, 0.4) is 0 Å². The smallest absolute Gasteiger partial charge is 0.0772 e. The van der Waals surface area contributed by atoms with Crippen LogP contribution in [0.2, 0.25) is 0 Å². The molecule has 0 fully saturated rings. The van der Waals surface area contributed by atoms with Crippen molar-refractivity contribution in [3.05, 3.63) is 24.3 Å². The first kappa shape index (κ1) is 12.5. The minimum Gasteiger partial charge on any atom is -0.396 e. The molecule has 2 nitrogen and oxygen atoms in total. The van der Waals surface area contributed by atoms with E-state index in [9.17, 15) is 5.11 Å². The number of hydrogen-bond donors (Lipinski definition) is 2. The maximum atomic E-state index is 10.6. The predicted octanol–water partition coefficient (Wildman–Crippen LogP) is 2.42. The Bertz CT molecular complexity index is 266. The van der Waals surface area contributed by atoms with Crippen LogP contribution < -0.4 is 0 Å². The lowest BCUT2D eigenvalue weighted by Crippen LogP contribution is -2.47. The molecule has 1 unspecified atom stereocenters. The molecule has 0 heterocycles. The average Bonchev–Trinajstić information content (AvgIpc) is 2.15. The van der Waals surface area contributed by atoms with Gasteiger partial charge in [-0.1, -0.05) is 31.6 Å². The number of aliphatic hydroxyl groups is 2. The zero-order chi connectivity index (χ0) is 11.5. The van der Waals surface area contributed by atoms with Gasteiger partial charge in [-0.25, -0.2) is 0 Å². The minimum absolute atomic E-state index is 0.152. The van der Waals surface area contributed by atoms with E-state index >= 15 is 0 Å². The van der Waals surface area contributed by atoms with Crippen molar-refractivity contribution in [3.8, 4) is 0 Å². The monoisotopic (exact) mass is 210 g/mol. The largest absolute Gasteiger partial charge is 0.396 e. The molecule has 2 heteroatoms. The van der Waals surface area contributed by atoms with Gasteiger partial charge in [-0.3, -0.25) is 0 Å². The molecule has 15 heavy (non-hydrogen) atoms. The van der Waals surface area contributed by atoms with Crippen LogP contribution in [0, 0.1) is 5.41 Å². The fourth-order valence-corrected chi connectivity index (χ4v) is 2.48. The third-order valence-electron chi connectivity index (χ3n) is 3.78. The first-order valence-electron chi connectivity index (χ1n) is 5.61. The second-order valence-corrected chi connectivity index (χ2v) is 4.89. The zero-order valence-corrected chi connectivity index (χ0v) is 9.79. The van der Waals surface area contributed by atoms with Gasteiger partial charge >= 0.3 is 0 Å². The van der Waals surface area contributed by atoms with Gasteiger partial charge in [0.1, 0.15) is 0 Å². The van der Waals surface area contributed by atoms with Crippen LogP contribution in [0.5, 0.6) is 0 Å². The lowest BCUT2D eigenvalue weighted by Gasteiger charge is -2.47. The Labute approximate surface area is 92.3 Å². The summed E-state index contributed by atoms with van der Waals surface area (Å²) in [5.41, 5.74) is 0.205. The van der Waals surface area contributed by atoms with E-state index in [1.165, 1.54) is 5.57 Å². The molecule has 0 aromatic carbocycles. The van der Waals surface area contributed by atoms with E-state index in [0.717, 1.165) is 12.8 Å². The van der Waals surface area contributed by atoms with Crippen molar-refractivity contribution >= 4 is 0 Å². The summed E-state index contributed by atoms with van der Waals surface area (Å²) < 4.78 is 0. The molecule has 0 saturated heterocycles. The molecule has 0 spiro atoms. The van der Waals surface area contributed by atoms with Gasteiger partial charge in [0, 0.05) is 12.0 Å². The highest BCUT2D eigenvalue weighted by molar-refractivity contribution is 5.23. The Morgan fingerprint density at radius 1 is 1.53 bits per heavy atom. The first-order chi connectivity index (χ1) is 6.98. The van der Waals surface area contributed by atoms with E-state index in [1.54, 1.807) is 6.08 Å². The SMILES string of the molecule is C=CCC1(O)CCC=C(CCO)C1(C)C. The van der Waals surface area contributed by atoms with E-state index in [2.05, 4.69) is 26.5 Å². The van der Waals surface area contributed by atoms with E-state index < -0.39 is 5.60 Å². The summed E-state index contributed by atoms with van der Waals surface area (Å²) in [6.07, 6.45) is 6.89. The zero-order valence-electron chi connectivity index (χ0n) is 9.79. The topological polar surface area (TPSA) is 40.5 Å². The number of aliphatic hydroxyl groups excluding tert-OH is 1. The van der Waals surface area contributed by atoms with Crippen molar-refractivity contribution in [2.45, 2.75) is 45.1 Å². The lowest BCUT2D eigenvalue weighted by molar-refractivity contribution is -0.0597. The van der Waals surface area contributed by atoms with Crippen LogP contribution in [-0.4, -0.2) is 22.4 Å². The molecule has 86 valence electrons. The fourth-order valence-electron chi connectivity index (χ4n) is 2.48. The molecule has 0 aromatic heterocycles. The molecular formula is C13H22O2. The molecule has 1 atom stereocenters. The highest BCUT2D eigenvalue weighted by Gasteiger charge is 2.45. The molecule has 0 saturated carbocycles. The minimum atomic E-state index is -0.700. The lowest BCUT2D eigenvalue weighted by atomic mass is 9.62. The Morgan fingerprint density at radius 2 is 2.20 bits per heavy atom. The molecule has 1 aliphatic carbocycles. The van der Waals surface area contributed by atoms with Gasteiger partial charge in [0.15, 0.2) is 0 Å². The Hall–Kier alpha value is -0.600. The second kappa shape index (κ2) is 4.50. The predicted molar refractivity (Wildman–Crippen MR) is 62.6 cm³/mol. The van der Waals surface area contributed by atoms with Gasteiger partial charge in [0.2, 0.25) is 0 Å². The number of allylic oxidation sites excluding steroid dienone is 1. The number of hydrogen-bond acceptors (Lipinski definition) is 2. The van der Waals surface area contributed by atoms with E-state index in [0.29, 0.717) is 12.8 Å². The van der Waals surface area contributed by atoms with Gasteiger partial charge in [-0.05, 0) is 25.7 Å². The first-order valence-corrected chi connectivity index (χ1v) is 5.61. The van der Waals surface area contributed by atoms with Crippen LogP contribution >= 0.6 is 0 Å². The van der Waals surface area contributed by atoms with E-state index in [4.69, 9.17) is 5.11 Å². The molecular weight excluding hydrogens is 188 g/mol. The normalized spacial score (nSPS) is 29.7. The molecule has 2 N–H and O–H groups in total. The molecule has 0 bridgehead atoms. The standard InChI is InChI=1S/C13H22O2/c1-4-8-13(15)9-5-6-11(7-10-14)12(13,2)3/h4,6,14-15H,1,5,7-10H2,2-3H3. The summed E-state index contributed by atoms with van der Waals surface area (Å²) in [5, 5.41) is 19.6. The highest BCUT2D eigenvalue weighted by atomic mass is 16.3. The average molecular weight is 210 g/mol. The van der Waals surface area contributed by atoms with Crippen molar-refractivity contribution < 1.29 is 10.2 Å². The van der Waals surface area contributed by atoms with Gasteiger partial charge in [0.25, 0.3) is 0 Å². The van der Waals surface area contributed by atoms with Crippen LogP contribution in [0.1, 0.15) is 39.5 Å². The fraction of sp³-hybridized carbons (Fsp3) is 0.692. The quantitative estimate of drug-likeness (QED) is 0.700. The van der Waals surface area contributed by atoms with E-state index in [1.807, 2.05) is 0 Å². The van der Waals surface area contributed by atoms with Crippen molar-refractivity contribution in [3.63, 3.8) is 0 Å².